The highest BCUT2D eigenvalue weighted by Gasteiger charge is 2.27. The molecule has 0 aliphatic heterocycles. The van der Waals surface area contributed by atoms with Gasteiger partial charge >= 0.3 is 0 Å². The maximum absolute atomic E-state index is 6.24. The number of nitrogen functional groups attached to an aromatic ring is 1. The SMILES string of the molecule is Nc1ncccc1Cc1noc(C(CC2CCCC2)c2cccc(Cl)c2)n1. The van der Waals surface area contributed by atoms with Crippen LogP contribution in [-0.2, 0) is 6.42 Å². The van der Waals surface area contributed by atoms with Crippen molar-refractivity contribution in [1.82, 2.24) is 15.1 Å². The molecule has 27 heavy (non-hydrogen) atoms. The fourth-order valence-corrected chi connectivity index (χ4v) is 4.13. The van der Waals surface area contributed by atoms with Crippen LogP contribution in [0.1, 0.15) is 60.9 Å². The van der Waals surface area contributed by atoms with Crippen molar-refractivity contribution in [2.24, 2.45) is 5.92 Å². The molecule has 1 aliphatic rings. The summed E-state index contributed by atoms with van der Waals surface area (Å²) in [7, 11) is 0. The molecule has 1 saturated carbocycles. The number of rotatable bonds is 6. The van der Waals surface area contributed by atoms with Gasteiger partial charge < -0.3 is 10.3 Å². The first-order valence-electron chi connectivity index (χ1n) is 9.46. The summed E-state index contributed by atoms with van der Waals surface area (Å²) in [5.74, 6) is 2.54. The first-order chi connectivity index (χ1) is 13.2. The molecule has 140 valence electrons. The fraction of sp³-hybridized carbons (Fsp3) is 0.381. The van der Waals surface area contributed by atoms with E-state index in [4.69, 9.17) is 26.8 Å². The second-order valence-electron chi connectivity index (χ2n) is 7.27. The number of anilines is 1. The standard InChI is InChI=1S/C21H23ClN4O/c22-17-9-3-7-15(12-17)18(11-14-5-1-2-6-14)21-25-19(26-27-21)13-16-8-4-10-24-20(16)23/h3-4,7-10,12,14,18H,1-2,5-6,11,13H2,(H2,23,24). The van der Waals surface area contributed by atoms with Crippen LogP contribution in [0.5, 0.6) is 0 Å². The molecular formula is C21H23ClN4O. The number of halogens is 1. The van der Waals surface area contributed by atoms with Crippen molar-refractivity contribution >= 4 is 17.4 Å². The van der Waals surface area contributed by atoms with Gasteiger partial charge in [0.05, 0.1) is 5.92 Å². The Kier molecular flexibility index (Phi) is 5.39. The van der Waals surface area contributed by atoms with E-state index in [0.717, 1.165) is 22.6 Å². The molecule has 2 aromatic heterocycles. The average Bonchev–Trinajstić information content (AvgIpc) is 3.33. The van der Waals surface area contributed by atoms with Crippen molar-refractivity contribution in [2.75, 3.05) is 5.73 Å². The predicted octanol–water partition coefficient (Wildman–Crippen LogP) is 5.00. The number of nitrogens with two attached hydrogens (primary N) is 1. The lowest BCUT2D eigenvalue weighted by Gasteiger charge is -2.17. The summed E-state index contributed by atoms with van der Waals surface area (Å²) in [5, 5.41) is 4.92. The van der Waals surface area contributed by atoms with Gasteiger partial charge in [-0.05, 0) is 36.1 Å². The summed E-state index contributed by atoms with van der Waals surface area (Å²) in [6.07, 6.45) is 8.35. The molecule has 0 spiro atoms. The Labute approximate surface area is 164 Å². The van der Waals surface area contributed by atoms with Gasteiger partial charge in [-0.25, -0.2) is 4.98 Å². The van der Waals surface area contributed by atoms with Crippen LogP contribution >= 0.6 is 11.6 Å². The Bertz CT molecular complexity index is 904. The van der Waals surface area contributed by atoms with Crippen LogP contribution in [-0.4, -0.2) is 15.1 Å². The van der Waals surface area contributed by atoms with Gasteiger partial charge in [0.1, 0.15) is 5.82 Å². The molecule has 2 heterocycles. The first kappa shape index (κ1) is 18.0. The Morgan fingerprint density at radius 1 is 1.19 bits per heavy atom. The Hall–Kier alpha value is -2.40. The summed E-state index contributed by atoms with van der Waals surface area (Å²) < 4.78 is 5.68. The smallest absolute Gasteiger partial charge is 0.234 e. The molecule has 1 aliphatic carbocycles. The van der Waals surface area contributed by atoms with E-state index in [1.807, 2.05) is 30.3 Å². The maximum atomic E-state index is 6.24. The van der Waals surface area contributed by atoms with E-state index in [1.54, 1.807) is 6.20 Å². The summed E-state index contributed by atoms with van der Waals surface area (Å²) in [5.41, 5.74) is 7.97. The van der Waals surface area contributed by atoms with Crippen molar-refractivity contribution < 1.29 is 4.52 Å². The fourth-order valence-electron chi connectivity index (χ4n) is 3.93. The number of nitrogens with zero attached hydrogens (tertiary/aromatic N) is 3. The van der Waals surface area contributed by atoms with Crippen LogP contribution in [0.15, 0.2) is 47.1 Å². The van der Waals surface area contributed by atoms with Crippen LogP contribution in [0, 0.1) is 5.92 Å². The molecule has 1 fully saturated rings. The molecule has 0 bridgehead atoms. The van der Waals surface area contributed by atoms with Gasteiger partial charge in [-0.15, -0.1) is 0 Å². The van der Waals surface area contributed by atoms with Crippen LogP contribution < -0.4 is 5.73 Å². The lowest BCUT2D eigenvalue weighted by atomic mass is 9.88. The lowest BCUT2D eigenvalue weighted by molar-refractivity contribution is 0.339. The van der Waals surface area contributed by atoms with Gasteiger partial charge in [-0.2, -0.15) is 4.98 Å². The second-order valence-corrected chi connectivity index (χ2v) is 7.70. The zero-order valence-electron chi connectivity index (χ0n) is 15.1. The van der Waals surface area contributed by atoms with Crippen LogP contribution in [0.3, 0.4) is 0 Å². The minimum absolute atomic E-state index is 0.0688. The van der Waals surface area contributed by atoms with Gasteiger partial charge in [0.15, 0.2) is 5.82 Å². The highest BCUT2D eigenvalue weighted by atomic mass is 35.5. The van der Waals surface area contributed by atoms with E-state index >= 15 is 0 Å². The normalized spacial score (nSPS) is 15.9. The number of hydrogen-bond donors (Lipinski definition) is 1. The van der Waals surface area contributed by atoms with E-state index in [-0.39, 0.29) is 5.92 Å². The Morgan fingerprint density at radius 3 is 2.81 bits per heavy atom. The first-order valence-corrected chi connectivity index (χ1v) is 9.84. The van der Waals surface area contributed by atoms with Crippen LogP contribution in [0.4, 0.5) is 5.82 Å². The average molecular weight is 383 g/mol. The third-order valence-corrected chi connectivity index (χ3v) is 5.59. The molecule has 1 atom stereocenters. The van der Waals surface area contributed by atoms with Crippen molar-refractivity contribution in [3.05, 3.63) is 70.5 Å². The molecule has 0 amide bonds. The van der Waals surface area contributed by atoms with Gasteiger partial charge in [0, 0.05) is 23.2 Å². The van der Waals surface area contributed by atoms with Crippen molar-refractivity contribution in [2.45, 2.75) is 44.4 Å². The number of hydrogen-bond acceptors (Lipinski definition) is 5. The molecule has 4 rings (SSSR count). The van der Waals surface area contributed by atoms with Crippen LogP contribution in [0.2, 0.25) is 5.02 Å². The Morgan fingerprint density at radius 2 is 2.04 bits per heavy atom. The van der Waals surface area contributed by atoms with Crippen molar-refractivity contribution in [3.8, 4) is 0 Å². The van der Waals surface area contributed by atoms with E-state index in [0.29, 0.717) is 29.9 Å². The quantitative estimate of drug-likeness (QED) is 0.648. The molecule has 6 heteroatoms. The van der Waals surface area contributed by atoms with Gasteiger partial charge in [0.2, 0.25) is 5.89 Å². The zero-order valence-corrected chi connectivity index (χ0v) is 15.9. The molecule has 1 unspecified atom stereocenters. The summed E-state index contributed by atoms with van der Waals surface area (Å²) in [4.78, 5) is 8.81. The molecule has 2 N–H and O–H groups in total. The summed E-state index contributed by atoms with van der Waals surface area (Å²) in [6, 6.07) is 11.8. The van der Waals surface area contributed by atoms with Gasteiger partial charge in [-0.1, -0.05) is 60.6 Å². The molecular weight excluding hydrogens is 360 g/mol. The van der Waals surface area contributed by atoms with Crippen molar-refractivity contribution in [1.29, 1.82) is 0 Å². The molecule has 5 nitrogen and oxygen atoms in total. The van der Waals surface area contributed by atoms with Crippen LogP contribution in [0.25, 0.3) is 0 Å². The maximum Gasteiger partial charge on any atom is 0.234 e. The highest BCUT2D eigenvalue weighted by Crippen LogP contribution is 2.37. The lowest BCUT2D eigenvalue weighted by Crippen LogP contribution is -2.08. The molecule has 1 aromatic carbocycles. The van der Waals surface area contributed by atoms with Gasteiger partial charge in [-0.3, -0.25) is 0 Å². The number of benzene rings is 1. The third-order valence-electron chi connectivity index (χ3n) is 5.35. The largest absolute Gasteiger partial charge is 0.383 e. The monoisotopic (exact) mass is 382 g/mol. The van der Waals surface area contributed by atoms with E-state index in [9.17, 15) is 0 Å². The predicted molar refractivity (Wildman–Crippen MR) is 106 cm³/mol. The number of pyridine rings is 1. The van der Waals surface area contributed by atoms with E-state index in [2.05, 4.69) is 16.2 Å². The minimum Gasteiger partial charge on any atom is -0.383 e. The minimum atomic E-state index is 0.0688. The van der Waals surface area contributed by atoms with Crippen molar-refractivity contribution in [3.63, 3.8) is 0 Å². The number of aromatic nitrogens is 3. The van der Waals surface area contributed by atoms with Gasteiger partial charge in [0.25, 0.3) is 0 Å². The third kappa shape index (κ3) is 4.30. The van der Waals surface area contributed by atoms with E-state index in [1.165, 1.54) is 25.7 Å². The Balaban J connectivity index is 1.60. The zero-order chi connectivity index (χ0) is 18.6. The topological polar surface area (TPSA) is 77.8 Å². The molecule has 3 aromatic rings. The summed E-state index contributed by atoms with van der Waals surface area (Å²) >= 11 is 6.24. The highest BCUT2D eigenvalue weighted by molar-refractivity contribution is 6.30. The van der Waals surface area contributed by atoms with E-state index < -0.39 is 0 Å². The molecule has 0 radical (unpaired) electrons. The summed E-state index contributed by atoms with van der Waals surface area (Å²) in [6.45, 7) is 0. The second kappa shape index (κ2) is 8.09. The molecule has 0 saturated heterocycles.